The van der Waals surface area contributed by atoms with E-state index in [-0.39, 0.29) is 29.6 Å². The average molecular weight is 106 g/mol. The minimum absolute atomic E-state index is 0. The molecule has 36 valence electrons. The molecule has 1 rings (SSSR count). The third-order valence-electron chi connectivity index (χ3n) is 1.47. The van der Waals surface area contributed by atoms with E-state index in [1.807, 2.05) is 0 Å². The molecule has 0 aromatic carbocycles. The first-order valence-electron chi connectivity index (χ1n) is 2.72. The van der Waals surface area contributed by atoms with Crippen molar-refractivity contribution in [3.8, 4) is 0 Å². The number of hydrogen-bond donors (Lipinski definition) is 0. The Labute approximate surface area is 68.0 Å². The van der Waals surface area contributed by atoms with Crippen LogP contribution < -0.4 is 29.6 Å². The van der Waals surface area contributed by atoms with Crippen LogP contribution in [0.25, 0.3) is 0 Å². The maximum atomic E-state index is 3.94. The molecule has 0 atom stereocenters. The molecule has 0 unspecified atom stereocenters. The van der Waals surface area contributed by atoms with E-state index < -0.39 is 0 Å². The Morgan fingerprint density at radius 2 is 1.57 bits per heavy atom. The van der Waals surface area contributed by atoms with Gasteiger partial charge in [0.15, 0.2) is 0 Å². The molecule has 0 bridgehead atoms. The maximum absolute atomic E-state index is 3.94. The van der Waals surface area contributed by atoms with Crippen molar-refractivity contribution in [1.29, 1.82) is 0 Å². The Hall–Kier alpha value is 1.00. The Morgan fingerprint density at radius 1 is 1.14 bits per heavy atom. The van der Waals surface area contributed by atoms with Crippen molar-refractivity contribution in [3.63, 3.8) is 0 Å². The molecule has 7 heavy (non-hydrogen) atoms. The van der Waals surface area contributed by atoms with E-state index in [4.69, 9.17) is 0 Å². The van der Waals surface area contributed by atoms with Crippen molar-refractivity contribution < 1.29 is 29.6 Å². The monoisotopic (exact) mass is 106 g/mol. The molecular weight excluding hydrogens is 95.1 g/mol. The van der Waals surface area contributed by atoms with Crippen molar-refractivity contribution in [2.45, 2.75) is 25.7 Å². The standard InChI is InChI=1S/C6H11.Na/c1-6-4-2-3-5-6;/h6H,1-5H2;/q-1;+1. The van der Waals surface area contributed by atoms with Gasteiger partial charge in [-0.2, -0.15) is 5.92 Å². The molecule has 0 radical (unpaired) electrons. The third kappa shape index (κ3) is 2.73. The minimum atomic E-state index is 0. The fraction of sp³-hybridized carbons (Fsp3) is 0.833. The topological polar surface area (TPSA) is 0 Å². The van der Waals surface area contributed by atoms with Crippen molar-refractivity contribution in [2.24, 2.45) is 5.92 Å². The average Bonchev–Trinajstić information content (AvgIpc) is 1.86. The molecule has 0 N–H and O–H groups in total. The van der Waals surface area contributed by atoms with E-state index >= 15 is 0 Å². The molecule has 0 amide bonds. The zero-order valence-electron chi connectivity index (χ0n) is 5.11. The smallest absolute Gasteiger partial charge is 0.340 e. The van der Waals surface area contributed by atoms with Gasteiger partial charge >= 0.3 is 29.6 Å². The molecule has 1 aliphatic carbocycles. The Balaban J connectivity index is 0.000000360. The van der Waals surface area contributed by atoms with Gasteiger partial charge in [0.2, 0.25) is 0 Å². The molecule has 1 heteroatoms. The normalized spacial score (nSPS) is 21.9. The zero-order chi connectivity index (χ0) is 4.41. The van der Waals surface area contributed by atoms with Crippen LogP contribution in [0.4, 0.5) is 0 Å². The molecule has 1 fully saturated rings. The van der Waals surface area contributed by atoms with E-state index in [0.29, 0.717) is 0 Å². The van der Waals surface area contributed by atoms with Gasteiger partial charge in [-0.3, -0.25) is 0 Å². The first kappa shape index (κ1) is 8.00. The quantitative estimate of drug-likeness (QED) is 0.275. The predicted molar refractivity (Wildman–Crippen MR) is 27.3 cm³/mol. The second-order valence-electron chi connectivity index (χ2n) is 2.15. The third-order valence-corrected chi connectivity index (χ3v) is 1.47. The SMILES string of the molecule is [CH2-]C1CCCC1.[Na+]. The molecule has 1 saturated carbocycles. The van der Waals surface area contributed by atoms with Gasteiger partial charge in [-0.05, 0) is 0 Å². The predicted octanol–water partition coefficient (Wildman–Crippen LogP) is -0.985. The van der Waals surface area contributed by atoms with Gasteiger partial charge in [-0.1, -0.05) is 25.7 Å². The molecule has 1 aliphatic rings. The second-order valence-corrected chi connectivity index (χ2v) is 2.15. The molecule has 0 nitrogen and oxygen atoms in total. The second kappa shape index (κ2) is 3.94. The fourth-order valence-corrected chi connectivity index (χ4v) is 1.01. The van der Waals surface area contributed by atoms with Crippen LogP contribution in [0.1, 0.15) is 25.7 Å². The summed E-state index contributed by atoms with van der Waals surface area (Å²) in [5, 5.41) is 0. The first-order chi connectivity index (χ1) is 2.89. The van der Waals surface area contributed by atoms with Gasteiger partial charge < -0.3 is 6.92 Å². The van der Waals surface area contributed by atoms with Crippen molar-refractivity contribution in [3.05, 3.63) is 6.92 Å². The summed E-state index contributed by atoms with van der Waals surface area (Å²) in [6.07, 6.45) is 5.60. The molecule has 0 heterocycles. The molecular formula is C6H11Na. The van der Waals surface area contributed by atoms with Crippen LogP contribution in [0.15, 0.2) is 0 Å². The van der Waals surface area contributed by atoms with Gasteiger partial charge in [0, 0.05) is 0 Å². The van der Waals surface area contributed by atoms with Gasteiger partial charge in [0.1, 0.15) is 0 Å². The summed E-state index contributed by atoms with van der Waals surface area (Å²) in [5.41, 5.74) is 0. The van der Waals surface area contributed by atoms with Crippen LogP contribution in [0.3, 0.4) is 0 Å². The number of rotatable bonds is 0. The number of hydrogen-bond acceptors (Lipinski definition) is 0. The maximum Gasteiger partial charge on any atom is 1.00 e. The van der Waals surface area contributed by atoms with Crippen LogP contribution in [0.2, 0.25) is 0 Å². The Bertz CT molecular complexity index is 37.4. The Morgan fingerprint density at radius 3 is 1.71 bits per heavy atom. The van der Waals surface area contributed by atoms with Gasteiger partial charge in [0.05, 0.1) is 0 Å². The van der Waals surface area contributed by atoms with E-state index in [1.165, 1.54) is 25.7 Å². The van der Waals surface area contributed by atoms with Gasteiger partial charge in [-0.15, -0.1) is 0 Å². The van der Waals surface area contributed by atoms with Crippen molar-refractivity contribution in [1.82, 2.24) is 0 Å². The van der Waals surface area contributed by atoms with E-state index in [1.54, 1.807) is 0 Å². The van der Waals surface area contributed by atoms with Crippen molar-refractivity contribution in [2.75, 3.05) is 0 Å². The summed E-state index contributed by atoms with van der Waals surface area (Å²) >= 11 is 0. The van der Waals surface area contributed by atoms with Crippen LogP contribution in [-0.4, -0.2) is 0 Å². The molecule has 0 aliphatic heterocycles. The van der Waals surface area contributed by atoms with Crippen LogP contribution >= 0.6 is 0 Å². The zero-order valence-corrected chi connectivity index (χ0v) is 7.11. The van der Waals surface area contributed by atoms with Crippen LogP contribution in [0.5, 0.6) is 0 Å². The largest absolute Gasteiger partial charge is 1.00 e. The summed E-state index contributed by atoms with van der Waals surface area (Å²) in [5.74, 6) is 0.796. The molecule has 0 aromatic heterocycles. The van der Waals surface area contributed by atoms with Crippen LogP contribution in [-0.2, 0) is 0 Å². The summed E-state index contributed by atoms with van der Waals surface area (Å²) in [6.45, 7) is 3.94. The van der Waals surface area contributed by atoms with Gasteiger partial charge in [-0.25, -0.2) is 0 Å². The van der Waals surface area contributed by atoms with Crippen LogP contribution in [0, 0.1) is 12.8 Å². The minimum Gasteiger partial charge on any atom is -0.340 e. The molecule has 0 spiro atoms. The first-order valence-corrected chi connectivity index (χ1v) is 2.72. The van der Waals surface area contributed by atoms with E-state index in [2.05, 4.69) is 6.92 Å². The van der Waals surface area contributed by atoms with E-state index in [9.17, 15) is 0 Å². The summed E-state index contributed by atoms with van der Waals surface area (Å²) < 4.78 is 0. The summed E-state index contributed by atoms with van der Waals surface area (Å²) in [6, 6.07) is 0. The van der Waals surface area contributed by atoms with E-state index in [0.717, 1.165) is 5.92 Å². The summed E-state index contributed by atoms with van der Waals surface area (Å²) in [4.78, 5) is 0. The summed E-state index contributed by atoms with van der Waals surface area (Å²) in [7, 11) is 0. The van der Waals surface area contributed by atoms with Crippen molar-refractivity contribution >= 4 is 0 Å². The van der Waals surface area contributed by atoms with Gasteiger partial charge in [0.25, 0.3) is 0 Å². The molecule has 0 aromatic rings. The Kier molecular flexibility index (Phi) is 4.50. The fourth-order valence-electron chi connectivity index (χ4n) is 1.01. The molecule has 0 saturated heterocycles.